The van der Waals surface area contributed by atoms with Crippen molar-refractivity contribution in [3.05, 3.63) is 59.1 Å². The first-order valence-corrected chi connectivity index (χ1v) is 10.2. The van der Waals surface area contributed by atoms with Crippen LogP contribution in [0.4, 0.5) is 4.39 Å². The number of halogens is 1. The summed E-state index contributed by atoms with van der Waals surface area (Å²) in [5.41, 5.74) is 1.20. The van der Waals surface area contributed by atoms with Gasteiger partial charge >= 0.3 is 0 Å². The molecule has 0 aliphatic carbocycles. The monoisotopic (exact) mass is 412 g/mol. The zero-order valence-electron chi connectivity index (χ0n) is 17.2. The number of aromatic nitrogens is 2. The van der Waals surface area contributed by atoms with Gasteiger partial charge in [0.15, 0.2) is 5.76 Å². The molecule has 30 heavy (non-hydrogen) atoms. The number of hydrogen-bond acceptors (Lipinski definition) is 6. The molecule has 4 rings (SSSR count). The summed E-state index contributed by atoms with van der Waals surface area (Å²) in [6, 6.07) is 8.46. The first-order valence-electron chi connectivity index (χ1n) is 10.2. The third-order valence-corrected chi connectivity index (χ3v) is 5.37. The van der Waals surface area contributed by atoms with E-state index in [-0.39, 0.29) is 11.7 Å². The van der Waals surface area contributed by atoms with Gasteiger partial charge in [-0.3, -0.25) is 9.69 Å². The van der Waals surface area contributed by atoms with Crippen LogP contribution in [0.3, 0.4) is 0 Å². The number of benzene rings is 1. The van der Waals surface area contributed by atoms with E-state index in [0.717, 1.165) is 31.8 Å². The fourth-order valence-corrected chi connectivity index (χ4v) is 3.54. The van der Waals surface area contributed by atoms with E-state index in [0.29, 0.717) is 48.1 Å². The first kappa shape index (κ1) is 20.3. The number of piperazine rings is 1. The third-order valence-electron chi connectivity index (χ3n) is 5.37. The molecule has 1 aliphatic rings. The van der Waals surface area contributed by atoms with Crippen LogP contribution in [0.5, 0.6) is 0 Å². The molecule has 0 saturated carbocycles. The summed E-state index contributed by atoms with van der Waals surface area (Å²) in [6.45, 7) is 7.45. The Bertz CT molecular complexity index is 1020. The molecular weight excluding hydrogens is 387 g/mol. The summed E-state index contributed by atoms with van der Waals surface area (Å²) in [5.74, 6) is 1.78. The molecule has 3 aromatic rings. The average Bonchev–Trinajstić information content (AvgIpc) is 3.39. The molecule has 1 fully saturated rings. The molecule has 158 valence electrons. The minimum atomic E-state index is -0.279. The Morgan fingerprint density at radius 2 is 1.93 bits per heavy atom. The zero-order chi connectivity index (χ0) is 21.1. The molecular formula is C22H25FN4O3. The van der Waals surface area contributed by atoms with Crippen molar-refractivity contribution in [2.45, 2.75) is 26.7 Å². The molecule has 7 nitrogen and oxygen atoms in total. The molecule has 0 spiro atoms. The van der Waals surface area contributed by atoms with Gasteiger partial charge < -0.3 is 13.8 Å². The number of rotatable bonds is 6. The van der Waals surface area contributed by atoms with Crippen molar-refractivity contribution in [1.29, 1.82) is 0 Å². The second kappa shape index (κ2) is 8.79. The molecule has 1 aromatic carbocycles. The zero-order valence-corrected chi connectivity index (χ0v) is 17.2. The van der Waals surface area contributed by atoms with E-state index in [1.54, 1.807) is 25.1 Å². The van der Waals surface area contributed by atoms with Crippen molar-refractivity contribution in [3.63, 3.8) is 0 Å². The quantitative estimate of drug-likeness (QED) is 0.617. The Kier molecular flexibility index (Phi) is 5.94. The molecule has 0 radical (unpaired) electrons. The van der Waals surface area contributed by atoms with Crippen molar-refractivity contribution < 1.29 is 18.1 Å². The minimum absolute atomic E-state index is 0.0475. The van der Waals surface area contributed by atoms with Crippen molar-refractivity contribution in [2.75, 3.05) is 32.7 Å². The van der Waals surface area contributed by atoms with Crippen LogP contribution in [0.2, 0.25) is 0 Å². The largest absolute Gasteiger partial charge is 0.456 e. The van der Waals surface area contributed by atoms with Crippen LogP contribution in [0.25, 0.3) is 11.4 Å². The highest BCUT2D eigenvalue weighted by atomic mass is 19.1. The Hall–Kier alpha value is -3.00. The number of hydrogen-bond donors (Lipinski definition) is 0. The van der Waals surface area contributed by atoms with E-state index in [1.807, 2.05) is 17.9 Å². The molecule has 8 heteroatoms. The maximum absolute atomic E-state index is 13.7. The van der Waals surface area contributed by atoms with Crippen molar-refractivity contribution in [2.24, 2.45) is 0 Å². The van der Waals surface area contributed by atoms with Gasteiger partial charge in [-0.1, -0.05) is 17.3 Å². The molecule has 0 N–H and O–H groups in total. The van der Waals surface area contributed by atoms with Gasteiger partial charge in [0.25, 0.3) is 5.91 Å². The highest BCUT2D eigenvalue weighted by Crippen LogP contribution is 2.19. The van der Waals surface area contributed by atoms with Crippen molar-refractivity contribution >= 4 is 5.91 Å². The summed E-state index contributed by atoms with van der Waals surface area (Å²) in [6.07, 6.45) is 1.53. The van der Waals surface area contributed by atoms with E-state index in [4.69, 9.17) is 8.94 Å². The summed E-state index contributed by atoms with van der Waals surface area (Å²) in [4.78, 5) is 21.0. The SMILES string of the molecule is Cc1ccc(C(=O)N2CCN(CCCc3nc(-c4ccc(C)c(F)c4)no3)CC2)o1. The van der Waals surface area contributed by atoms with E-state index in [2.05, 4.69) is 15.0 Å². The van der Waals surface area contributed by atoms with Crippen LogP contribution in [0.15, 0.2) is 39.3 Å². The Labute approximate surface area is 174 Å². The summed E-state index contributed by atoms with van der Waals surface area (Å²) < 4.78 is 24.5. The van der Waals surface area contributed by atoms with Crippen molar-refractivity contribution in [1.82, 2.24) is 19.9 Å². The summed E-state index contributed by atoms with van der Waals surface area (Å²) in [5, 5.41) is 3.96. The second-order valence-corrected chi connectivity index (χ2v) is 7.62. The van der Waals surface area contributed by atoms with Gasteiger partial charge in [-0.15, -0.1) is 0 Å². The maximum Gasteiger partial charge on any atom is 0.289 e. The van der Waals surface area contributed by atoms with Crippen LogP contribution in [-0.4, -0.2) is 58.6 Å². The van der Waals surface area contributed by atoms with Gasteiger partial charge in [0, 0.05) is 38.2 Å². The normalized spacial score (nSPS) is 15.0. The molecule has 2 aromatic heterocycles. The van der Waals surface area contributed by atoms with Gasteiger partial charge in [0.2, 0.25) is 11.7 Å². The van der Waals surface area contributed by atoms with Gasteiger partial charge in [-0.05, 0) is 50.6 Å². The Morgan fingerprint density at radius 1 is 1.13 bits per heavy atom. The maximum atomic E-state index is 13.7. The first-order chi connectivity index (χ1) is 14.5. The molecule has 3 heterocycles. The summed E-state index contributed by atoms with van der Waals surface area (Å²) in [7, 11) is 0. The van der Waals surface area contributed by atoms with Crippen LogP contribution in [0, 0.1) is 19.7 Å². The topological polar surface area (TPSA) is 75.6 Å². The number of nitrogens with zero attached hydrogens (tertiary/aromatic N) is 4. The minimum Gasteiger partial charge on any atom is -0.456 e. The number of amides is 1. The van der Waals surface area contributed by atoms with Gasteiger partial charge in [-0.25, -0.2) is 4.39 Å². The van der Waals surface area contributed by atoms with E-state index < -0.39 is 0 Å². The molecule has 1 saturated heterocycles. The van der Waals surface area contributed by atoms with Crippen molar-refractivity contribution in [3.8, 4) is 11.4 Å². The van der Waals surface area contributed by atoms with Gasteiger partial charge in [0.05, 0.1) is 0 Å². The van der Waals surface area contributed by atoms with E-state index in [9.17, 15) is 9.18 Å². The van der Waals surface area contributed by atoms with Gasteiger partial charge in [-0.2, -0.15) is 4.98 Å². The smallest absolute Gasteiger partial charge is 0.289 e. The Morgan fingerprint density at radius 3 is 2.63 bits per heavy atom. The predicted molar refractivity (Wildman–Crippen MR) is 109 cm³/mol. The lowest BCUT2D eigenvalue weighted by Crippen LogP contribution is -2.48. The van der Waals surface area contributed by atoms with Crippen LogP contribution < -0.4 is 0 Å². The number of furan rings is 1. The predicted octanol–water partition coefficient (Wildman–Crippen LogP) is 3.48. The number of carbonyl (C=O) groups is 1. The van der Waals surface area contributed by atoms with Crippen LogP contribution in [-0.2, 0) is 6.42 Å². The number of carbonyl (C=O) groups excluding carboxylic acids is 1. The lowest BCUT2D eigenvalue weighted by molar-refractivity contribution is 0.0603. The molecule has 0 atom stereocenters. The Balaban J connectivity index is 1.22. The second-order valence-electron chi connectivity index (χ2n) is 7.62. The fraction of sp³-hybridized carbons (Fsp3) is 0.409. The molecule has 1 aliphatic heterocycles. The van der Waals surface area contributed by atoms with E-state index >= 15 is 0 Å². The molecule has 0 unspecified atom stereocenters. The highest BCUT2D eigenvalue weighted by Gasteiger charge is 2.24. The fourth-order valence-electron chi connectivity index (χ4n) is 3.54. The lowest BCUT2D eigenvalue weighted by Gasteiger charge is -2.34. The lowest BCUT2D eigenvalue weighted by atomic mass is 10.1. The number of aryl methyl sites for hydroxylation is 3. The van der Waals surface area contributed by atoms with Crippen LogP contribution in [0.1, 0.15) is 34.2 Å². The summed E-state index contributed by atoms with van der Waals surface area (Å²) >= 11 is 0. The molecule has 1 amide bonds. The standard InChI is InChI=1S/C22H25FN4O3/c1-15-5-7-17(14-18(15)23)21-24-20(30-25-21)4-3-9-26-10-12-27(13-11-26)22(28)19-8-6-16(2)29-19/h5-8,14H,3-4,9-13H2,1-2H3. The third kappa shape index (κ3) is 4.59. The average molecular weight is 412 g/mol. The highest BCUT2D eigenvalue weighted by molar-refractivity contribution is 5.91. The van der Waals surface area contributed by atoms with Gasteiger partial charge in [0.1, 0.15) is 11.6 Å². The van der Waals surface area contributed by atoms with Crippen LogP contribution >= 0.6 is 0 Å². The van der Waals surface area contributed by atoms with E-state index in [1.165, 1.54) is 6.07 Å². The molecule has 0 bridgehead atoms.